The normalized spacial score (nSPS) is 10.2. The Balaban J connectivity index is 2.24. The lowest BCUT2D eigenvalue weighted by Gasteiger charge is -2.13. The van der Waals surface area contributed by atoms with E-state index in [9.17, 15) is 4.79 Å². The van der Waals surface area contributed by atoms with Crippen molar-refractivity contribution < 1.29 is 4.79 Å². The highest BCUT2D eigenvalue weighted by Gasteiger charge is 2.10. The van der Waals surface area contributed by atoms with Crippen molar-refractivity contribution >= 4 is 23.0 Å². The number of hydrogen-bond donors (Lipinski definition) is 2. The van der Waals surface area contributed by atoms with E-state index >= 15 is 0 Å². The van der Waals surface area contributed by atoms with Crippen molar-refractivity contribution in [3.8, 4) is 0 Å². The summed E-state index contributed by atoms with van der Waals surface area (Å²) >= 11 is 0. The van der Waals surface area contributed by atoms with Gasteiger partial charge in [-0.15, -0.1) is 0 Å². The molecule has 0 bridgehead atoms. The Bertz CT molecular complexity index is 635. The molecule has 2 rings (SSSR count). The van der Waals surface area contributed by atoms with Gasteiger partial charge in [-0.2, -0.15) is 0 Å². The fourth-order valence-corrected chi connectivity index (χ4v) is 1.95. The van der Waals surface area contributed by atoms with Gasteiger partial charge in [-0.1, -0.05) is 12.1 Å². The van der Waals surface area contributed by atoms with Gasteiger partial charge in [0.25, 0.3) is 5.91 Å². The molecule has 0 spiro atoms. The van der Waals surface area contributed by atoms with Gasteiger partial charge in [0.1, 0.15) is 0 Å². The number of nitrogen functional groups attached to an aromatic ring is 1. The number of nitrogens with zero attached hydrogens (tertiary/aromatic N) is 1. The third-order valence-electron chi connectivity index (χ3n) is 3.00. The Labute approximate surface area is 119 Å². The number of amides is 1. The molecule has 3 N–H and O–H groups in total. The van der Waals surface area contributed by atoms with Gasteiger partial charge in [-0.3, -0.25) is 4.79 Å². The van der Waals surface area contributed by atoms with Crippen molar-refractivity contribution in [2.45, 2.75) is 6.92 Å². The zero-order valence-corrected chi connectivity index (χ0v) is 12.0. The first-order valence-electron chi connectivity index (χ1n) is 6.42. The topological polar surface area (TPSA) is 58.4 Å². The molecule has 0 aliphatic rings. The molecule has 0 saturated heterocycles. The second kappa shape index (κ2) is 5.65. The number of anilines is 3. The smallest absolute Gasteiger partial charge is 0.253 e. The molecule has 1 amide bonds. The fraction of sp³-hybridized carbons (Fsp3) is 0.188. The maximum Gasteiger partial charge on any atom is 0.253 e. The van der Waals surface area contributed by atoms with Crippen LogP contribution in [0, 0.1) is 6.92 Å². The van der Waals surface area contributed by atoms with Crippen LogP contribution in [0.25, 0.3) is 0 Å². The largest absolute Gasteiger partial charge is 0.397 e. The molecule has 2 aromatic rings. The third-order valence-corrected chi connectivity index (χ3v) is 3.00. The van der Waals surface area contributed by atoms with Crippen molar-refractivity contribution in [1.29, 1.82) is 0 Å². The molecule has 0 aliphatic carbocycles. The number of carbonyl (C=O) groups is 1. The number of benzene rings is 2. The van der Waals surface area contributed by atoms with Gasteiger partial charge in [0.05, 0.1) is 11.4 Å². The summed E-state index contributed by atoms with van der Waals surface area (Å²) in [5.41, 5.74) is 10.1. The maximum absolute atomic E-state index is 11.9. The fourth-order valence-electron chi connectivity index (χ4n) is 1.95. The summed E-state index contributed by atoms with van der Waals surface area (Å²) in [7, 11) is 3.44. The number of aryl methyl sites for hydroxylation is 1. The second-order valence-corrected chi connectivity index (χ2v) is 5.00. The Kier molecular flexibility index (Phi) is 3.94. The van der Waals surface area contributed by atoms with E-state index < -0.39 is 0 Å². The molecule has 0 radical (unpaired) electrons. The summed E-state index contributed by atoms with van der Waals surface area (Å²) in [6.45, 7) is 2.04. The van der Waals surface area contributed by atoms with Crippen LogP contribution >= 0.6 is 0 Å². The van der Waals surface area contributed by atoms with Crippen molar-refractivity contribution in [3.05, 3.63) is 53.6 Å². The molecule has 20 heavy (non-hydrogen) atoms. The van der Waals surface area contributed by atoms with Crippen LogP contribution in [-0.4, -0.2) is 24.9 Å². The minimum absolute atomic E-state index is 0.0567. The number of rotatable bonds is 3. The SMILES string of the molecule is Cc1cccc(Nc2ccc(C(=O)N(C)C)cc2N)c1. The standard InChI is InChI=1S/C16H19N3O/c1-11-5-4-6-13(9-11)18-15-8-7-12(10-14(15)17)16(20)19(2)3/h4-10,18H,17H2,1-3H3. The van der Waals surface area contributed by atoms with Crippen LogP contribution in [0.4, 0.5) is 17.1 Å². The summed E-state index contributed by atoms with van der Waals surface area (Å²) in [6, 6.07) is 13.3. The van der Waals surface area contributed by atoms with Gasteiger partial charge in [0.2, 0.25) is 0 Å². The van der Waals surface area contributed by atoms with Crippen molar-refractivity contribution in [2.75, 3.05) is 25.1 Å². The molecule has 2 aromatic carbocycles. The van der Waals surface area contributed by atoms with E-state index in [0.717, 1.165) is 11.4 Å². The predicted molar refractivity (Wildman–Crippen MR) is 83.3 cm³/mol. The first-order chi connectivity index (χ1) is 9.47. The molecule has 0 aliphatic heterocycles. The summed E-state index contributed by atoms with van der Waals surface area (Å²) in [6.07, 6.45) is 0. The van der Waals surface area contributed by atoms with E-state index in [0.29, 0.717) is 11.3 Å². The lowest BCUT2D eigenvalue weighted by Crippen LogP contribution is -2.21. The lowest BCUT2D eigenvalue weighted by atomic mass is 10.1. The van der Waals surface area contributed by atoms with Crippen molar-refractivity contribution in [3.63, 3.8) is 0 Å². The van der Waals surface area contributed by atoms with Gasteiger partial charge in [0, 0.05) is 25.3 Å². The molecule has 0 heterocycles. The summed E-state index contributed by atoms with van der Waals surface area (Å²) in [5.74, 6) is -0.0567. The van der Waals surface area contributed by atoms with E-state index in [1.54, 1.807) is 26.2 Å². The van der Waals surface area contributed by atoms with Crippen LogP contribution in [0.1, 0.15) is 15.9 Å². The van der Waals surface area contributed by atoms with Crippen LogP contribution in [-0.2, 0) is 0 Å². The highest BCUT2D eigenvalue weighted by atomic mass is 16.2. The minimum atomic E-state index is -0.0567. The van der Waals surface area contributed by atoms with E-state index in [1.807, 2.05) is 37.3 Å². The van der Waals surface area contributed by atoms with Crippen LogP contribution in [0.5, 0.6) is 0 Å². The van der Waals surface area contributed by atoms with Gasteiger partial charge in [0.15, 0.2) is 0 Å². The number of hydrogen-bond acceptors (Lipinski definition) is 3. The molecule has 0 atom stereocenters. The Morgan fingerprint density at radius 1 is 1.15 bits per heavy atom. The molecule has 4 nitrogen and oxygen atoms in total. The van der Waals surface area contributed by atoms with Crippen molar-refractivity contribution in [1.82, 2.24) is 4.90 Å². The molecule has 104 valence electrons. The predicted octanol–water partition coefficient (Wildman–Crippen LogP) is 3.02. The van der Waals surface area contributed by atoms with Gasteiger partial charge in [-0.25, -0.2) is 0 Å². The number of nitrogens with one attached hydrogen (secondary N) is 1. The first-order valence-corrected chi connectivity index (χ1v) is 6.42. The monoisotopic (exact) mass is 269 g/mol. The quantitative estimate of drug-likeness (QED) is 0.842. The van der Waals surface area contributed by atoms with Crippen LogP contribution < -0.4 is 11.1 Å². The van der Waals surface area contributed by atoms with Gasteiger partial charge >= 0.3 is 0 Å². The Hall–Kier alpha value is -2.49. The van der Waals surface area contributed by atoms with Gasteiger partial charge in [-0.05, 0) is 42.8 Å². The average molecular weight is 269 g/mol. The maximum atomic E-state index is 11.9. The molecule has 0 fully saturated rings. The van der Waals surface area contributed by atoms with E-state index in [4.69, 9.17) is 5.73 Å². The van der Waals surface area contributed by atoms with E-state index in [1.165, 1.54) is 10.5 Å². The van der Waals surface area contributed by atoms with Crippen LogP contribution in [0.2, 0.25) is 0 Å². The lowest BCUT2D eigenvalue weighted by molar-refractivity contribution is 0.0827. The van der Waals surface area contributed by atoms with Crippen LogP contribution in [0.3, 0.4) is 0 Å². The highest BCUT2D eigenvalue weighted by molar-refractivity contribution is 5.96. The van der Waals surface area contributed by atoms with Crippen molar-refractivity contribution in [2.24, 2.45) is 0 Å². The summed E-state index contributed by atoms with van der Waals surface area (Å²) in [5, 5.41) is 3.26. The molecule has 0 saturated carbocycles. The van der Waals surface area contributed by atoms with Gasteiger partial charge < -0.3 is 16.0 Å². The minimum Gasteiger partial charge on any atom is -0.397 e. The molecular formula is C16H19N3O. The molecule has 0 unspecified atom stereocenters. The number of nitrogens with two attached hydrogens (primary N) is 1. The van der Waals surface area contributed by atoms with E-state index in [2.05, 4.69) is 5.32 Å². The number of carbonyl (C=O) groups excluding carboxylic acids is 1. The second-order valence-electron chi connectivity index (χ2n) is 5.00. The highest BCUT2D eigenvalue weighted by Crippen LogP contribution is 2.25. The third kappa shape index (κ3) is 3.09. The zero-order chi connectivity index (χ0) is 14.7. The molecule has 4 heteroatoms. The molecular weight excluding hydrogens is 250 g/mol. The average Bonchev–Trinajstić information content (AvgIpc) is 2.40. The Morgan fingerprint density at radius 2 is 1.90 bits per heavy atom. The van der Waals surface area contributed by atoms with Crippen LogP contribution in [0.15, 0.2) is 42.5 Å². The summed E-state index contributed by atoms with van der Waals surface area (Å²) < 4.78 is 0. The molecule has 0 aromatic heterocycles. The first kappa shape index (κ1) is 13.9. The Morgan fingerprint density at radius 3 is 2.50 bits per heavy atom. The summed E-state index contributed by atoms with van der Waals surface area (Å²) in [4.78, 5) is 13.4. The zero-order valence-electron chi connectivity index (χ0n) is 12.0. The van der Waals surface area contributed by atoms with E-state index in [-0.39, 0.29) is 5.91 Å².